The molecule has 0 radical (unpaired) electrons. The van der Waals surface area contributed by atoms with E-state index in [4.69, 9.17) is 24.1 Å². The Hall–Kier alpha value is -0.690. The number of hydrogen-bond acceptors (Lipinski definition) is 6. The van der Waals surface area contributed by atoms with Crippen LogP contribution in [0.3, 0.4) is 0 Å². The lowest BCUT2D eigenvalue weighted by Crippen LogP contribution is -2.41. The summed E-state index contributed by atoms with van der Waals surface area (Å²) >= 11 is 0. The van der Waals surface area contributed by atoms with Crippen LogP contribution >= 0.6 is 0 Å². The molecule has 0 bridgehead atoms. The van der Waals surface area contributed by atoms with Gasteiger partial charge in [-0.1, -0.05) is 13.8 Å². The highest BCUT2D eigenvalue weighted by molar-refractivity contribution is 5.80. The van der Waals surface area contributed by atoms with Crippen LogP contribution in [0.2, 0.25) is 0 Å². The summed E-state index contributed by atoms with van der Waals surface area (Å²) in [6, 6.07) is 0. The van der Waals surface area contributed by atoms with Crippen molar-refractivity contribution >= 4 is 5.97 Å². The molecule has 0 aromatic heterocycles. The maximum absolute atomic E-state index is 12.3. The third-order valence-electron chi connectivity index (χ3n) is 3.54. The van der Waals surface area contributed by atoms with Crippen LogP contribution in [-0.2, 0) is 23.7 Å². The fraction of sp³-hybridized carbons (Fsp3) is 0.938. The molecule has 0 atom stereocenters. The van der Waals surface area contributed by atoms with Crippen LogP contribution in [0, 0.1) is 5.92 Å². The van der Waals surface area contributed by atoms with E-state index in [1.54, 1.807) is 0 Å². The molecule has 0 saturated heterocycles. The molecule has 0 aromatic rings. The van der Waals surface area contributed by atoms with E-state index in [-0.39, 0.29) is 12.6 Å². The van der Waals surface area contributed by atoms with Crippen molar-refractivity contribution in [3.05, 3.63) is 0 Å². The third-order valence-corrected chi connectivity index (χ3v) is 3.54. The van der Waals surface area contributed by atoms with Crippen molar-refractivity contribution in [1.82, 2.24) is 0 Å². The summed E-state index contributed by atoms with van der Waals surface area (Å²) in [6.07, 6.45) is 3.44. The average molecular weight is 318 g/mol. The van der Waals surface area contributed by atoms with Gasteiger partial charge in [-0.3, -0.25) is 0 Å². The number of rotatable bonds is 12. The molecule has 0 aromatic carbocycles. The van der Waals surface area contributed by atoms with E-state index in [9.17, 15) is 4.79 Å². The largest absolute Gasteiger partial charge is 0.463 e. The Balaban J connectivity index is 2.22. The third kappa shape index (κ3) is 7.05. The average Bonchev–Trinajstić information content (AvgIpc) is 2.97. The van der Waals surface area contributed by atoms with E-state index in [0.717, 1.165) is 25.7 Å². The molecule has 1 aliphatic carbocycles. The summed E-state index contributed by atoms with van der Waals surface area (Å²) in [5, 5.41) is 8.56. The van der Waals surface area contributed by atoms with Crippen molar-refractivity contribution in [1.29, 1.82) is 0 Å². The highest BCUT2D eigenvalue weighted by Gasteiger charge is 2.43. The fourth-order valence-electron chi connectivity index (χ4n) is 2.41. The highest BCUT2D eigenvalue weighted by Crippen LogP contribution is 2.34. The molecule has 0 amide bonds. The van der Waals surface area contributed by atoms with E-state index in [0.29, 0.717) is 45.6 Å². The van der Waals surface area contributed by atoms with Crippen molar-refractivity contribution in [3.8, 4) is 0 Å². The summed E-state index contributed by atoms with van der Waals surface area (Å²) in [4.78, 5) is 12.3. The normalized spacial score (nSPS) is 17.1. The summed E-state index contributed by atoms with van der Waals surface area (Å²) in [5.74, 6) is 0.0923. The van der Waals surface area contributed by atoms with Crippen LogP contribution in [0.5, 0.6) is 0 Å². The van der Waals surface area contributed by atoms with Crippen LogP contribution < -0.4 is 0 Å². The van der Waals surface area contributed by atoms with Crippen molar-refractivity contribution in [2.24, 2.45) is 5.92 Å². The minimum atomic E-state index is -0.772. The molecule has 130 valence electrons. The Morgan fingerprint density at radius 3 is 2.23 bits per heavy atom. The standard InChI is InChI=1S/C16H30O6/c1-14(2)13-21-15(18)16(5-3-4-6-16)22-12-11-20-10-9-19-8-7-17/h14,17H,3-13H2,1-2H3. The molecule has 0 heterocycles. The first-order chi connectivity index (χ1) is 10.6. The molecule has 6 nitrogen and oxygen atoms in total. The number of esters is 1. The predicted octanol–water partition coefficient (Wildman–Crippen LogP) is 1.54. The quantitative estimate of drug-likeness (QED) is 0.435. The zero-order chi connectivity index (χ0) is 16.3. The number of carbonyl (C=O) groups is 1. The van der Waals surface area contributed by atoms with E-state index in [1.807, 2.05) is 13.8 Å². The van der Waals surface area contributed by atoms with E-state index in [2.05, 4.69) is 0 Å². The SMILES string of the molecule is CC(C)COC(=O)C1(OCCOCCOCCO)CCCC1. The molecular weight excluding hydrogens is 288 g/mol. The van der Waals surface area contributed by atoms with Crippen LogP contribution in [0.25, 0.3) is 0 Å². The lowest BCUT2D eigenvalue weighted by molar-refractivity contribution is -0.175. The highest BCUT2D eigenvalue weighted by atomic mass is 16.6. The molecule has 6 heteroatoms. The maximum Gasteiger partial charge on any atom is 0.338 e. The van der Waals surface area contributed by atoms with Gasteiger partial charge in [0, 0.05) is 0 Å². The van der Waals surface area contributed by atoms with Crippen LogP contribution in [0.1, 0.15) is 39.5 Å². The number of ether oxygens (including phenoxy) is 4. The van der Waals surface area contributed by atoms with Crippen molar-refractivity contribution < 1.29 is 28.8 Å². The zero-order valence-electron chi connectivity index (χ0n) is 13.8. The van der Waals surface area contributed by atoms with Gasteiger partial charge in [0.05, 0.1) is 46.2 Å². The minimum absolute atomic E-state index is 0.0180. The second kappa shape index (κ2) is 10.9. The number of hydrogen-bond donors (Lipinski definition) is 1. The fourth-order valence-corrected chi connectivity index (χ4v) is 2.41. The Morgan fingerprint density at radius 2 is 1.64 bits per heavy atom. The number of aliphatic hydroxyl groups excluding tert-OH is 1. The Labute approximate surface area is 133 Å². The molecular formula is C16H30O6. The summed E-state index contributed by atoms with van der Waals surface area (Å²) in [6.45, 7) is 6.50. The van der Waals surface area contributed by atoms with Gasteiger partial charge in [-0.15, -0.1) is 0 Å². The van der Waals surface area contributed by atoms with Gasteiger partial charge >= 0.3 is 5.97 Å². The Morgan fingerprint density at radius 1 is 1.05 bits per heavy atom. The summed E-state index contributed by atoms with van der Waals surface area (Å²) in [7, 11) is 0. The molecule has 1 rings (SSSR count). The zero-order valence-corrected chi connectivity index (χ0v) is 13.8. The minimum Gasteiger partial charge on any atom is -0.463 e. The van der Waals surface area contributed by atoms with Gasteiger partial charge in [0.15, 0.2) is 5.60 Å². The molecule has 1 N–H and O–H groups in total. The predicted molar refractivity (Wildman–Crippen MR) is 81.7 cm³/mol. The molecule has 0 spiro atoms. The Bertz CT molecular complexity index is 299. The van der Waals surface area contributed by atoms with Gasteiger partial charge in [0.2, 0.25) is 0 Å². The van der Waals surface area contributed by atoms with Crippen molar-refractivity contribution in [2.75, 3.05) is 46.2 Å². The van der Waals surface area contributed by atoms with E-state index in [1.165, 1.54) is 0 Å². The molecule has 1 aliphatic rings. The molecule has 1 saturated carbocycles. The van der Waals surface area contributed by atoms with Crippen molar-refractivity contribution in [2.45, 2.75) is 45.1 Å². The maximum atomic E-state index is 12.3. The molecule has 1 fully saturated rings. The first kappa shape index (κ1) is 19.4. The summed E-state index contributed by atoms with van der Waals surface area (Å²) in [5.41, 5.74) is -0.772. The van der Waals surface area contributed by atoms with E-state index < -0.39 is 5.60 Å². The molecule has 0 aliphatic heterocycles. The van der Waals surface area contributed by atoms with Crippen LogP contribution in [0.4, 0.5) is 0 Å². The van der Waals surface area contributed by atoms with Crippen molar-refractivity contribution in [3.63, 3.8) is 0 Å². The molecule has 0 unspecified atom stereocenters. The van der Waals surface area contributed by atoms with Gasteiger partial charge < -0.3 is 24.1 Å². The van der Waals surface area contributed by atoms with Gasteiger partial charge in [0.1, 0.15) is 0 Å². The molecule has 22 heavy (non-hydrogen) atoms. The topological polar surface area (TPSA) is 74.2 Å². The summed E-state index contributed by atoms with van der Waals surface area (Å²) < 4.78 is 21.7. The number of carbonyl (C=O) groups excluding carboxylic acids is 1. The first-order valence-corrected chi connectivity index (χ1v) is 8.18. The van der Waals surface area contributed by atoms with E-state index >= 15 is 0 Å². The second-order valence-electron chi connectivity index (χ2n) is 5.99. The van der Waals surface area contributed by atoms with Gasteiger partial charge in [0.25, 0.3) is 0 Å². The monoisotopic (exact) mass is 318 g/mol. The second-order valence-corrected chi connectivity index (χ2v) is 5.99. The van der Waals surface area contributed by atoms with Crippen LogP contribution in [0.15, 0.2) is 0 Å². The lowest BCUT2D eigenvalue weighted by Gasteiger charge is -2.27. The van der Waals surface area contributed by atoms with Crippen LogP contribution in [-0.4, -0.2) is 62.9 Å². The van der Waals surface area contributed by atoms with Gasteiger partial charge in [-0.25, -0.2) is 4.79 Å². The first-order valence-electron chi connectivity index (χ1n) is 8.18. The van der Waals surface area contributed by atoms with Gasteiger partial charge in [-0.2, -0.15) is 0 Å². The Kier molecular flexibility index (Phi) is 9.63. The van der Waals surface area contributed by atoms with Gasteiger partial charge in [-0.05, 0) is 31.6 Å². The smallest absolute Gasteiger partial charge is 0.338 e. The lowest BCUT2D eigenvalue weighted by atomic mass is 10.0. The number of aliphatic hydroxyl groups is 1.